The highest BCUT2D eigenvalue weighted by atomic mass is 19.1. The number of unbranched alkanes of at least 4 members (excludes halogenated alkanes) is 1. The number of amides is 2. The summed E-state index contributed by atoms with van der Waals surface area (Å²) in [6.07, 6.45) is 6.59. The second kappa shape index (κ2) is 7.17. The van der Waals surface area contributed by atoms with E-state index in [1.54, 1.807) is 0 Å². The Morgan fingerprint density at radius 3 is 2.53 bits per heavy atom. The summed E-state index contributed by atoms with van der Waals surface area (Å²) < 4.78 is 12.7. The molecule has 1 rings (SSSR count). The maximum absolute atomic E-state index is 12.7. The van der Waals surface area contributed by atoms with Gasteiger partial charge in [0.1, 0.15) is 11.9 Å². The molecule has 19 heavy (non-hydrogen) atoms. The summed E-state index contributed by atoms with van der Waals surface area (Å²) in [5, 5.41) is 2.51. The first-order chi connectivity index (χ1) is 9.04. The van der Waals surface area contributed by atoms with Crippen molar-refractivity contribution in [2.24, 2.45) is 5.73 Å². The number of terminal acetylenes is 1. The average molecular weight is 262 g/mol. The van der Waals surface area contributed by atoms with Crippen molar-refractivity contribution in [3.05, 3.63) is 35.6 Å². The highest BCUT2D eigenvalue weighted by Gasteiger charge is 2.18. The Labute approximate surface area is 111 Å². The molecule has 0 unspecified atom stereocenters. The van der Waals surface area contributed by atoms with E-state index in [0.717, 1.165) is 0 Å². The molecule has 0 aromatic heterocycles. The van der Waals surface area contributed by atoms with Crippen molar-refractivity contribution < 1.29 is 14.0 Å². The van der Waals surface area contributed by atoms with Gasteiger partial charge < -0.3 is 11.1 Å². The fraction of sp³-hybridized carbons (Fsp3) is 0.286. The number of primary amides is 1. The Bertz CT molecular complexity index is 491. The number of hydrogen-bond acceptors (Lipinski definition) is 2. The van der Waals surface area contributed by atoms with Crippen molar-refractivity contribution in [3.63, 3.8) is 0 Å². The van der Waals surface area contributed by atoms with Crippen LogP contribution in [0.4, 0.5) is 4.39 Å². The molecule has 1 aromatic rings. The van der Waals surface area contributed by atoms with Crippen LogP contribution in [0.2, 0.25) is 0 Å². The van der Waals surface area contributed by atoms with Gasteiger partial charge in [-0.05, 0) is 37.1 Å². The Hall–Kier alpha value is -2.35. The minimum atomic E-state index is -0.772. The third-order valence-corrected chi connectivity index (χ3v) is 2.57. The molecule has 0 saturated carbocycles. The molecule has 0 bridgehead atoms. The lowest BCUT2D eigenvalue weighted by molar-refractivity contribution is -0.120. The van der Waals surface area contributed by atoms with Crippen molar-refractivity contribution >= 4 is 11.8 Å². The topological polar surface area (TPSA) is 72.2 Å². The summed E-state index contributed by atoms with van der Waals surface area (Å²) in [6.45, 7) is 0. The fourth-order valence-electron chi connectivity index (χ4n) is 1.54. The van der Waals surface area contributed by atoms with Crippen LogP contribution in [0.3, 0.4) is 0 Å². The van der Waals surface area contributed by atoms with Crippen molar-refractivity contribution in [2.75, 3.05) is 0 Å². The summed E-state index contributed by atoms with van der Waals surface area (Å²) in [4.78, 5) is 23.0. The SMILES string of the molecule is C#CCCC[C@H](NC(=O)c1ccc(F)cc1)C(N)=O. The van der Waals surface area contributed by atoms with Gasteiger partial charge in [0.2, 0.25) is 5.91 Å². The van der Waals surface area contributed by atoms with Crippen LogP contribution in [0.15, 0.2) is 24.3 Å². The molecule has 1 atom stereocenters. The number of carbonyl (C=O) groups is 2. The first kappa shape index (κ1) is 14.7. The zero-order chi connectivity index (χ0) is 14.3. The van der Waals surface area contributed by atoms with Crippen LogP contribution in [0, 0.1) is 18.2 Å². The maximum Gasteiger partial charge on any atom is 0.251 e. The zero-order valence-electron chi connectivity index (χ0n) is 10.4. The summed E-state index contributed by atoms with van der Waals surface area (Å²) in [6, 6.07) is 4.25. The van der Waals surface area contributed by atoms with Gasteiger partial charge in [0.05, 0.1) is 0 Å². The van der Waals surface area contributed by atoms with Gasteiger partial charge in [-0.1, -0.05) is 0 Å². The van der Waals surface area contributed by atoms with Crippen molar-refractivity contribution in [1.29, 1.82) is 0 Å². The molecule has 0 heterocycles. The number of hydrogen-bond donors (Lipinski definition) is 2. The highest BCUT2D eigenvalue weighted by Crippen LogP contribution is 2.05. The monoisotopic (exact) mass is 262 g/mol. The predicted octanol–water partition coefficient (Wildman–Crippen LogP) is 1.21. The van der Waals surface area contributed by atoms with Crippen LogP contribution in [0.1, 0.15) is 29.6 Å². The largest absolute Gasteiger partial charge is 0.368 e. The average Bonchev–Trinajstić information content (AvgIpc) is 2.38. The number of carbonyl (C=O) groups excluding carboxylic acids is 2. The molecule has 3 N–H and O–H groups in total. The Kier molecular flexibility index (Phi) is 5.55. The predicted molar refractivity (Wildman–Crippen MR) is 69.5 cm³/mol. The summed E-state index contributed by atoms with van der Waals surface area (Å²) in [5.74, 6) is 0.927. The quantitative estimate of drug-likeness (QED) is 0.597. The second-order valence-electron chi connectivity index (χ2n) is 4.03. The summed E-state index contributed by atoms with van der Waals surface area (Å²) in [5.41, 5.74) is 5.47. The lowest BCUT2D eigenvalue weighted by Crippen LogP contribution is -2.44. The van der Waals surface area contributed by atoms with Gasteiger partial charge in [0.15, 0.2) is 0 Å². The van der Waals surface area contributed by atoms with Gasteiger partial charge >= 0.3 is 0 Å². The number of halogens is 1. The van der Waals surface area contributed by atoms with Crippen LogP contribution >= 0.6 is 0 Å². The van der Waals surface area contributed by atoms with Gasteiger partial charge in [-0.3, -0.25) is 9.59 Å². The smallest absolute Gasteiger partial charge is 0.251 e. The molecule has 5 heteroatoms. The van der Waals surface area contributed by atoms with Crippen molar-refractivity contribution in [3.8, 4) is 12.3 Å². The van der Waals surface area contributed by atoms with Gasteiger partial charge in [0, 0.05) is 12.0 Å². The Morgan fingerprint density at radius 2 is 2.00 bits per heavy atom. The zero-order valence-corrected chi connectivity index (χ0v) is 10.4. The molecule has 0 aliphatic heterocycles. The molecule has 2 amide bonds. The molecular formula is C14H15FN2O2. The molecule has 1 aromatic carbocycles. The van der Waals surface area contributed by atoms with E-state index >= 15 is 0 Å². The van der Waals surface area contributed by atoms with Crippen LogP contribution < -0.4 is 11.1 Å². The molecule has 0 radical (unpaired) electrons. The fourth-order valence-corrected chi connectivity index (χ4v) is 1.54. The number of benzene rings is 1. The molecule has 100 valence electrons. The van der Waals surface area contributed by atoms with E-state index in [2.05, 4.69) is 11.2 Å². The van der Waals surface area contributed by atoms with Gasteiger partial charge in [0.25, 0.3) is 5.91 Å². The summed E-state index contributed by atoms with van der Waals surface area (Å²) in [7, 11) is 0. The minimum Gasteiger partial charge on any atom is -0.368 e. The van der Waals surface area contributed by atoms with Crippen LogP contribution in [-0.4, -0.2) is 17.9 Å². The number of rotatable bonds is 6. The van der Waals surface area contributed by atoms with E-state index in [4.69, 9.17) is 12.2 Å². The second-order valence-corrected chi connectivity index (χ2v) is 4.03. The molecular weight excluding hydrogens is 247 g/mol. The van der Waals surface area contributed by atoms with Gasteiger partial charge in [-0.25, -0.2) is 4.39 Å². The summed E-state index contributed by atoms with van der Waals surface area (Å²) >= 11 is 0. The number of nitrogens with two attached hydrogens (primary N) is 1. The first-order valence-corrected chi connectivity index (χ1v) is 5.84. The lowest BCUT2D eigenvalue weighted by Gasteiger charge is -2.14. The third-order valence-electron chi connectivity index (χ3n) is 2.57. The van der Waals surface area contributed by atoms with Crippen LogP contribution in [0.25, 0.3) is 0 Å². The molecule has 0 aliphatic rings. The molecule has 0 spiro atoms. The van der Waals surface area contributed by atoms with Gasteiger partial charge in [-0.2, -0.15) is 0 Å². The molecule has 0 aliphatic carbocycles. The van der Waals surface area contributed by atoms with E-state index in [0.29, 0.717) is 19.3 Å². The maximum atomic E-state index is 12.7. The van der Waals surface area contributed by atoms with E-state index in [1.165, 1.54) is 24.3 Å². The van der Waals surface area contributed by atoms with E-state index < -0.39 is 23.7 Å². The van der Waals surface area contributed by atoms with E-state index in [9.17, 15) is 14.0 Å². The number of nitrogens with one attached hydrogen (secondary N) is 1. The standard InChI is InChI=1S/C14H15FN2O2/c1-2-3-4-5-12(13(16)18)17-14(19)10-6-8-11(15)9-7-10/h1,6-9,12H,3-5H2,(H2,16,18)(H,17,19)/t12-/m0/s1. The van der Waals surface area contributed by atoms with Gasteiger partial charge in [-0.15, -0.1) is 12.3 Å². The van der Waals surface area contributed by atoms with Crippen LogP contribution in [0.5, 0.6) is 0 Å². The van der Waals surface area contributed by atoms with Crippen molar-refractivity contribution in [2.45, 2.75) is 25.3 Å². The Morgan fingerprint density at radius 1 is 1.37 bits per heavy atom. The molecule has 0 saturated heterocycles. The lowest BCUT2D eigenvalue weighted by atomic mass is 10.1. The van der Waals surface area contributed by atoms with E-state index in [-0.39, 0.29) is 5.56 Å². The Balaban J connectivity index is 2.63. The minimum absolute atomic E-state index is 0.268. The van der Waals surface area contributed by atoms with Crippen molar-refractivity contribution in [1.82, 2.24) is 5.32 Å². The molecule has 0 fully saturated rings. The normalized spacial score (nSPS) is 11.4. The van der Waals surface area contributed by atoms with E-state index in [1.807, 2.05) is 0 Å². The van der Waals surface area contributed by atoms with Crippen LogP contribution in [-0.2, 0) is 4.79 Å². The third kappa shape index (κ3) is 4.80. The highest BCUT2D eigenvalue weighted by molar-refractivity contribution is 5.97. The first-order valence-electron chi connectivity index (χ1n) is 5.84. The molecule has 4 nitrogen and oxygen atoms in total.